The molecule has 30 heavy (non-hydrogen) atoms. The fourth-order valence-corrected chi connectivity index (χ4v) is 3.79. The zero-order valence-electron chi connectivity index (χ0n) is 18.8. The lowest BCUT2D eigenvalue weighted by molar-refractivity contribution is 0.200. The number of nitrogens with one attached hydrogen (secondary N) is 2. The van der Waals surface area contributed by atoms with Crippen LogP contribution in [0.1, 0.15) is 64.4 Å². The molecule has 1 aromatic carbocycles. The Balaban J connectivity index is 0.00000450. The Morgan fingerprint density at radius 1 is 1.17 bits per heavy atom. The number of methoxy groups -OCH3 is 1. The van der Waals surface area contributed by atoms with E-state index in [0.29, 0.717) is 18.6 Å². The van der Waals surface area contributed by atoms with Crippen molar-refractivity contribution in [2.75, 3.05) is 26.8 Å². The number of guanidine groups is 1. The van der Waals surface area contributed by atoms with Gasteiger partial charge in [-0.1, -0.05) is 19.4 Å². The maximum absolute atomic E-state index is 9.26. The van der Waals surface area contributed by atoms with Gasteiger partial charge in [0.25, 0.3) is 0 Å². The number of rotatable bonds is 12. The Hall–Kier alpha value is -1.22. The van der Waals surface area contributed by atoms with E-state index in [0.717, 1.165) is 68.2 Å². The molecule has 0 aromatic heterocycles. The molecule has 0 radical (unpaired) electrons. The van der Waals surface area contributed by atoms with Crippen molar-refractivity contribution in [3.8, 4) is 11.5 Å². The second-order valence-corrected chi connectivity index (χ2v) is 7.75. The molecular formula is C23H40IN3O3. The smallest absolute Gasteiger partial charge is 0.191 e. The quantitative estimate of drug-likeness (QED) is 0.210. The van der Waals surface area contributed by atoms with Gasteiger partial charge in [-0.15, -0.1) is 24.0 Å². The fraction of sp³-hybridized carbons (Fsp3) is 0.696. The number of hydrogen-bond acceptors (Lipinski definition) is 4. The van der Waals surface area contributed by atoms with E-state index in [9.17, 15) is 5.11 Å². The number of aliphatic hydroxyl groups excluding tert-OH is 1. The molecule has 1 aliphatic rings. The van der Waals surface area contributed by atoms with Gasteiger partial charge < -0.3 is 25.2 Å². The first-order valence-electron chi connectivity index (χ1n) is 11.2. The van der Waals surface area contributed by atoms with Crippen LogP contribution in [0.5, 0.6) is 11.5 Å². The summed E-state index contributed by atoms with van der Waals surface area (Å²) in [5.74, 6) is 2.86. The monoisotopic (exact) mass is 533 g/mol. The van der Waals surface area contributed by atoms with Crippen LogP contribution in [0.15, 0.2) is 23.2 Å². The van der Waals surface area contributed by atoms with Gasteiger partial charge in [-0.05, 0) is 69.1 Å². The molecule has 2 rings (SSSR count). The molecule has 3 N–H and O–H groups in total. The van der Waals surface area contributed by atoms with E-state index in [4.69, 9.17) is 14.5 Å². The normalized spacial score (nSPS) is 15.4. The van der Waals surface area contributed by atoms with E-state index < -0.39 is 0 Å². The highest BCUT2D eigenvalue weighted by atomic mass is 127. The molecule has 0 heterocycles. The van der Waals surface area contributed by atoms with Crippen molar-refractivity contribution in [1.82, 2.24) is 10.6 Å². The number of hydrogen-bond donors (Lipinski definition) is 3. The van der Waals surface area contributed by atoms with Crippen LogP contribution in [0.4, 0.5) is 0 Å². The van der Waals surface area contributed by atoms with E-state index in [1.807, 2.05) is 12.1 Å². The molecule has 0 bridgehead atoms. The molecule has 1 aromatic rings. The van der Waals surface area contributed by atoms with Gasteiger partial charge in [-0.3, -0.25) is 0 Å². The highest BCUT2D eigenvalue weighted by molar-refractivity contribution is 14.0. The third kappa shape index (κ3) is 9.29. The number of ether oxygens (including phenoxy) is 2. The second kappa shape index (κ2) is 15.6. The molecule has 0 saturated heterocycles. The van der Waals surface area contributed by atoms with Crippen LogP contribution in [0.3, 0.4) is 0 Å². The Morgan fingerprint density at radius 2 is 1.93 bits per heavy atom. The van der Waals surface area contributed by atoms with E-state index in [1.54, 1.807) is 7.11 Å². The lowest BCUT2D eigenvalue weighted by Gasteiger charge is -2.18. The maximum atomic E-state index is 9.26. The van der Waals surface area contributed by atoms with Crippen molar-refractivity contribution in [1.29, 1.82) is 0 Å². The number of nitrogens with zero attached hydrogens (tertiary/aromatic N) is 1. The highest BCUT2D eigenvalue weighted by Crippen LogP contribution is 2.32. The Kier molecular flexibility index (Phi) is 13.9. The second-order valence-electron chi connectivity index (χ2n) is 7.75. The largest absolute Gasteiger partial charge is 0.493 e. The van der Waals surface area contributed by atoms with Crippen molar-refractivity contribution in [2.24, 2.45) is 10.9 Å². The summed E-state index contributed by atoms with van der Waals surface area (Å²) in [6.07, 6.45) is 8.06. The van der Waals surface area contributed by atoms with Crippen LogP contribution in [-0.4, -0.2) is 44.0 Å². The summed E-state index contributed by atoms with van der Waals surface area (Å²) in [6, 6.07) is 6.06. The van der Waals surface area contributed by atoms with Crippen LogP contribution in [0.2, 0.25) is 0 Å². The van der Waals surface area contributed by atoms with Crippen LogP contribution in [-0.2, 0) is 6.54 Å². The molecule has 172 valence electrons. The SMILES string of the molecule is CCCC(CCO)CNC(=NCc1ccc(OC)c(OC2CCCC2)c1)NCC.I. The van der Waals surface area contributed by atoms with Crippen LogP contribution >= 0.6 is 24.0 Å². The number of aliphatic hydroxyl groups is 1. The molecular weight excluding hydrogens is 493 g/mol. The van der Waals surface area contributed by atoms with Crippen molar-refractivity contribution in [3.63, 3.8) is 0 Å². The van der Waals surface area contributed by atoms with Crippen molar-refractivity contribution in [2.45, 2.75) is 71.4 Å². The van der Waals surface area contributed by atoms with E-state index in [-0.39, 0.29) is 30.6 Å². The van der Waals surface area contributed by atoms with Gasteiger partial charge in [0.05, 0.1) is 19.8 Å². The third-order valence-electron chi connectivity index (χ3n) is 5.38. The van der Waals surface area contributed by atoms with Gasteiger partial charge in [0.1, 0.15) is 0 Å². The standard InChI is InChI=1S/C23H39N3O3.HI/c1-4-8-18(13-14-27)16-25-23(24-5-2)26-17-19-11-12-21(28-3)22(15-19)29-20-9-6-7-10-20;/h11-12,15,18,20,27H,4-10,13-14,16-17H2,1-3H3,(H2,24,25,26);1H. The zero-order chi connectivity index (χ0) is 20.9. The Bertz CT molecular complexity index is 616. The molecule has 1 atom stereocenters. The van der Waals surface area contributed by atoms with E-state index in [1.165, 1.54) is 12.8 Å². The molecule has 1 aliphatic carbocycles. The summed E-state index contributed by atoms with van der Waals surface area (Å²) in [5, 5.41) is 16.0. The number of halogens is 1. The molecule has 1 fully saturated rings. The minimum absolute atomic E-state index is 0. The summed E-state index contributed by atoms with van der Waals surface area (Å²) in [6.45, 7) is 6.67. The Morgan fingerprint density at radius 3 is 2.57 bits per heavy atom. The predicted molar refractivity (Wildman–Crippen MR) is 134 cm³/mol. The average Bonchev–Trinajstić information content (AvgIpc) is 3.23. The fourth-order valence-electron chi connectivity index (χ4n) is 3.79. The van der Waals surface area contributed by atoms with E-state index in [2.05, 4.69) is 30.5 Å². The molecule has 1 unspecified atom stereocenters. The molecule has 0 aliphatic heterocycles. The van der Waals surface area contributed by atoms with Crippen LogP contribution < -0.4 is 20.1 Å². The third-order valence-corrected chi connectivity index (χ3v) is 5.38. The van der Waals surface area contributed by atoms with Gasteiger partial charge in [-0.25, -0.2) is 4.99 Å². The molecule has 0 spiro atoms. The minimum Gasteiger partial charge on any atom is -0.493 e. The Labute approximate surface area is 199 Å². The summed E-state index contributed by atoms with van der Waals surface area (Å²) in [7, 11) is 1.68. The van der Waals surface area contributed by atoms with Crippen LogP contribution in [0.25, 0.3) is 0 Å². The molecule has 6 nitrogen and oxygen atoms in total. The topological polar surface area (TPSA) is 75.1 Å². The first kappa shape index (κ1) is 26.8. The molecule has 1 saturated carbocycles. The minimum atomic E-state index is 0. The van der Waals surface area contributed by atoms with E-state index >= 15 is 0 Å². The highest BCUT2D eigenvalue weighted by Gasteiger charge is 2.18. The van der Waals surface area contributed by atoms with Gasteiger partial charge in [0.2, 0.25) is 0 Å². The average molecular weight is 533 g/mol. The molecule has 0 amide bonds. The lowest BCUT2D eigenvalue weighted by atomic mass is 10.0. The summed E-state index contributed by atoms with van der Waals surface area (Å²) in [4.78, 5) is 4.74. The van der Waals surface area contributed by atoms with Gasteiger partial charge >= 0.3 is 0 Å². The first-order valence-corrected chi connectivity index (χ1v) is 11.2. The number of aliphatic imine (C=N–C) groups is 1. The van der Waals surface area contributed by atoms with Gasteiger partial charge in [0, 0.05) is 19.7 Å². The zero-order valence-corrected chi connectivity index (χ0v) is 21.1. The van der Waals surface area contributed by atoms with Crippen LogP contribution in [0, 0.1) is 5.92 Å². The maximum Gasteiger partial charge on any atom is 0.191 e. The van der Waals surface area contributed by atoms with Crippen molar-refractivity contribution in [3.05, 3.63) is 23.8 Å². The predicted octanol–water partition coefficient (Wildman–Crippen LogP) is 4.49. The molecule has 7 heteroatoms. The van der Waals surface area contributed by atoms with Gasteiger partial charge in [-0.2, -0.15) is 0 Å². The number of benzene rings is 1. The van der Waals surface area contributed by atoms with Crippen molar-refractivity contribution >= 4 is 29.9 Å². The summed E-state index contributed by atoms with van der Waals surface area (Å²) >= 11 is 0. The van der Waals surface area contributed by atoms with Crippen molar-refractivity contribution < 1.29 is 14.6 Å². The summed E-state index contributed by atoms with van der Waals surface area (Å²) in [5.41, 5.74) is 1.09. The summed E-state index contributed by atoms with van der Waals surface area (Å²) < 4.78 is 11.7. The lowest BCUT2D eigenvalue weighted by Crippen LogP contribution is -2.40. The van der Waals surface area contributed by atoms with Gasteiger partial charge in [0.15, 0.2) is 17.5 Å². The first-order chi connectivity index (χ1) is 14.2.